The Bertz CT molecular complexity index is 1380. The van der Waals surface area contributed by atoms with Crippen molar-refractivity contribution in [2.45, 2.75) is 20.8 Å². The molecular weight excluding hydrogens is 422 g/mol. The van der Waals surface area contributed by atoms with Gasteiger partial charge in [0.05, 0.1) is 4.88 Å². The number of ether oxygens (including phenoxy) is 1. The summed E-state index contributed by atoms with van der Waals surface area (Å²) in [5.74, 6) is 1.22. The summed E-state index contributed by atoms with van der Waals surface area (Å²) in [7, 11) is 1.70. The van der Waals surface area contributed by atoms with Crippen LogP contribution in [0.5, 0.6) is 11.5 Å². The van der Waals surface area contributed by atoms with E-state index in [0.29, 0.717) is 32.9 Å². The molecule has 0 fully saturated rings. The van der Waals surface area contributed by atoms with Crippen molar-refractivity contribution in [3.63, 3.8) is 0 Å². The number of amides is 1. The van der Waals surface area contributed by atoms with Gasteiger partial charge in [-0.1, -0.05) is 18.2 Å². The Kier molecular flexibility index (Phi) is 5.76. The maximum absolute atomic E-state index is 12.8. The Labute approximate surface area is 190 Å². The van der Waals surface area contributed by atoms with Crippen LogP contribution < -0.4 is 21.3 Å². The zero-order valence-corrected chi connectivity index (χ0v) is 19.3. The predicted octanol–water partition coefficient (Wildman–Crippen LogP) is 5.01. The molecule has 0 saturated heterocycles. The van der Waals surface area contributed by atoms with Gasteiger partial charge < -0.3 is 20.4 Å². The first-order valence-corrected chi connectivity index (χ1v) is 11.2. The van der Waals surface area contributed by atoms with Crippen LogP contribution in [0.1, 0.15) is 27.7 Å². The molecule has 0 bridgehead atoms. The fourth-order valence-corrected chi connectivity index (χ4v) is 4.80. The molecule has 7 heteroatoms. The standard InChI is InChI=1S/C25H25N3O3S/c1-5-27-24(29)21-12-18-19(13-28(4)25(30)23(18)32-21)17-11-16(26)9-10-20(17)31-22-14(2)7-6-8-15(22)3/h6-13H,5,26H2,1-4H3,(H,27,29). The minimum atomic E-state index is -0.193. The molecule has 2 aromatic carbocycles. The summed E-state index contributed by atoms with van der Waals surface area (Å²) in [6.07, 6.45) is 1.77. The minimum Gasteiger partial charge on any atom is -0.456 e. The van der Waals surface area contributed by atoms with Crippen LogP contribution in [-0.4, -0.2) is 17.0 Å². The number of rotatable bonds is 5. The van der Waals surface area contributed by atoms with Gasteiger partial charge in [0.1, 0.15) is 16.2 Å². The Morgan fingerprint density at radius 1 is 1.12 bits per heavy atom. The first-order chi connectivity index (χ1) is 15.3. The lowest BCUT2D eigenvalue weighted by molar-refractivity contribution is 0.0960. The molecule has 6 nitrogen and oxygen atoms in total. The third kappa shape index (κ3) is 3.87. The summed E-state index contributed by atoms with van der Waals surface area (Å²) < 4.78 is 8.42. The lowest BCUT2D eigenvalue weighted by Gasteiger charge is -2.16. The first-order valence-electron chi connectivity index (χ1n) is 10.4. The Morgan fingerprint density at radius 2 is 1.84 bits per heavy atom. The normalized spacial score (nSPS) is 11.0. The van der Waals surface area contributed by atoms with Crippen molar-refractivity contribution < 1.29 is 9.53 Å². The third-order valence-electron chi connectivity index (χ3n) is 5.34. The number of nitrogen functional groups attached to an aromatic ring is 1. The second-order valence-electron chi connectivity index (χ2n) is 7.75. The lowest BCUT2D eigenvalue weighted by atomic mass is 10.0. The van der Waals surface area contributed by atoms with Gasteiger partial charge in [0.2, 0.25) is 0 Å². The smallest absolute Gasteiger partial charge is 0.268 e. The average molecular weight is 448 g/mol. The van der Waals surface area contributed by atoms with Crippen molar-refractivity contribution in [2.75, 3.05) is 12.3 Å². The zero-order valence-electron chi connectivity index (χ0n) is 18.5. The molecule has 0 spiro atoms. The highest BCUT2D eigenvalue weighted by atomic mass is 32.1. The summed E-state index contributed by atoms with van der Waals surface area (Å²) >= 11 is 1.20. The van der Waals surface area contributed by atoms with Gasteiger partial charge in [-0.2, -0.15) is 0 Å². The van der Waals surface area contributed by atoms with Gasteiger partial charge in [0.15, 0.2) is 0 Å². The van der Waals surface area contributed by atoms with Crippen LogP contribution in [0.25, 0.3) is 21.2 Å². The number of para-hydroxylation sites is 1. The van der Waals surface area contributed by atoms with Crippen molar-refractivity contribution in [1.82, 2.24) is 9.88 Å². The number of benzene rings is 2. The van der Waals surface area contributed by atoms with Gasteiger partial charge >= 0.3 is 0 Å². The largest absolute Gasteiger partial charge is 0.456 e. The van der Waals surface area contributed by atoms with E-state index in [2.05, 4.69) is 5.32 Å². The van der Waals surface area contributed by atoms with Crippen LogP contribution in [0, 0.1) is 13.8 Å². The molecule has 4 aromatic rings. The number of nitrogens with zero attached hydrogens (tertiary/aromatic N) is 1. The Morgan fingerprint density at radius 3 is 2.53 bits per heavy atom. The van der Waals surface area contributed by atoms with Gasteiger partial charge in [-0.05, 0) is 56.2 Å². The summed E-state index contributed by atoms with van der Waals surface area (Å²) in [5, 5.41) is 3.50. The molecule has 0 saturated carbocycles. The number of hydrogen-bond acceptors (Lipinski definition) is 5. The molecule has 164 valence electrons. The molecule has 0 radical (unpaired) electrons. The SMILES string of the molecule is CCNC(=O)c1cc2c(-c3cc(N)ccc3Oc3c(C)cccc3C)cn(C)c(=O)c2s1. The number of thiophene rings is 1. The highest BCUT2D eigenvalue weighted by Gasteiger charge is 2.19. The van der Waals surface area contributed by atoms with Gasteiger partial charge in [-0.3, -0.25) is 9.59 Å². The molecule has 0 atom stereocenters. The molecule has 1 amide bonds. The fraction of sp³-hybridized carbons (Fsp3) is 0.200. The van der Waals surface area contributed by atoms with Crippen LogP contribution >= 0.6 is 11.3 Å². The van der Waals surface area contributed by atoms with E-state index in [4.69, 9.17) is 10.5 Å². The number of nitrogens with two attached hydrogens (primary N) is 1. The molecular formula is C25H25N3O3S. The van der Waals surface area contributed by atoms with E-state index in [1.54, 1.807) is 25.4 Å². The monoisotopic (exact) mass is 447 g/mol. The van der Waals surface area contributed by atoms with E-state index in [1.807, 2.05) is 51.1 Å². The number of aryl methyl sites for hydroxylation is 3. The Balaban J connectivity index is 1.95. The Hall–Kier alpha value is -3.58. The molecule has 3 N–H and O–H groups in total. The van der Waals surface area contributed by atoms with E-state index in [-0.39, 0.29) is 11.5 Å². The number of fused-ring (bicyclic) bond motifs is 1. The van der Waals surface area contributed by atoms with Gasteiger partial charge in [0.25, 0.3) is 11.5 Å². The molecule has 0 aliphatic carbocycles. The number of pyridine rings is 1. The molecule has 0 unspecified atom stereocenters. The highest BCUT2D eigenvalue weighted by molar-refractivity contribution is 7.20. The van der Waals surface area contributed by atoms with Crippen LogP contribution in [-0.2, 0) is 7.05 Å². The number of hydrogen-bond donors (Lipinski definition) is 2. The number of carbonyl (C=O) groups excluding carboxylic acids is 1. The van der Waals surface area contributed by atoms with Crippen LogP contribution in [0.4, 0.5) is 5.69 Å². The number of anilines is 1. The summed E-state index contributed by atoms with van der Waals surface area (Å²) in [6, 6.07) is 13.2. The average Bonchev–Trinajstić information content (AvgIpc) is 3.20. The second-order valence-corrected chi connectivity index (χ2v) is 8.80. The van der Waals surface area contributed by atoms with Crippen molar-refractivity contribution in [3.8, 4) is 22.6 Å². The van der Waals surface area contributed by atoms with E-state index < -0.39 is 0 Å². The van der Waals surface area contributed by atoms with Crippen LogP contribution in [0.3, 0.4) is 0 Å². The fourth-order valence-electron chi connectivity index (χ4n) is 3.72. The van der Waals surface area contributed by atoms with Crippen molar-refractivity contribution >= 4 is 33.0 Å². The van der Waals surface area contributed by atoms with Crippen molar-refractivity contribution in [2.24, 2.45) is 7.05 Å². The molecule has 0 aliphatic heterocycles. The third-order valence-corrected chi connectivity index (χ3v) is 6.46. The lowest BCUT2D eigenvalue weighted by Crippen LogP contribution is -2.21. The van der Waals surface area contributed by atoms with Crippen LogP contribution in [0.15, 0.2) is 53.5 Å². The molecule has 2 aromatic heterocycles. The second kappa shape index (κ2) is 8.51. The first kappa shape index (κ1) is 21.6. The van der Waals surface area contributed by atoms with E-state index in [0.717, 1.165) is 28.0 Å². The minimum absolute atomic E-state index is 0.148. The maximum Gasteiger partial charge on any atom is 0.268 e. The molecule has 2 heterocycles. The molecule has 0 aliphatic rings. The molecule has 4 rings (SSSR count). The van der Waals surface area contributed by atoms with Crippen molar-refractivity contribution in [3.05, 3.63) is 75.0 Å². The van der Waals surface area contributed by atoms with Gasteiger partial charge in [0, 0.05) is 42.0 Å². The van der Waals surface area contributed by atoms with Gasteiger partial charge in [-0.15, -0.1) is 11.3 Å². The highest BCUT2D eigenvalue weighted by Crippen LogP contribution is 2.40. The van der Waals surface area contributed by atoms with E-state index in [1.165, 1.54) is 15.9 Å². The number of carbonyl (C=O) groups is 1. The predicted molar refractivity (Wildman–Crippen MR) is 131 cm³/mol. The zero-order chi connectivity index (χ0) is 23.0. The summed E-state index contributed by atoms with van der Waals surface area (Å²) in [6.45, 7) is 6.38. The van der Waals surface area contributed by atoms with Crippen molar-refractivity contribution in [1.29, 1.82) is 0 Å². The number of nitrogens with one attached hydrogen (secondary N) is 1. The van der Waals surface area contributed by atoms with E-state index in [9.17, 15) is 9.59 Å². The summed E-state index contributed by atoms with van der Waals surface area (Å²) in [4.78, 5) is 25.8. The van der Waals surface area contributed by atoms with Crippen LogP contribution in [0.2, 0.25) is 0 Å². The van der Waals surface area contributed by atoms with E-state index >= 15 is 0 Å². The summed E-state index contributed by atoms with van der Waals surface area (Å²) in [5.41, 5.74) is 10.1. The molecule has 32 heavy (non-hydrogen) atoms. The topological polar surface area (TPSA) is 86.3 Å². The van der Waals surface area contributed by atoms with Gasteiger partial charge in [-0.25, -0.2) is 0 Å². The number of aromatic nitrogens is 1. The quantitative estimate of drug-likeness (QED) is 0.421. The maximum atomic E-state index is 12.8.